The first kappa shape index (κ1) is 16.9. The van der Waals surface area contributed by atoms with Gasteiger partial charge in [-0.3, -0.25) is 9.69 Å². The van der Waals surface area contributed by atoms with E-state index in [0.717, 1.165) is 69.2 Å². The monoisotopic (exact) mass is 337 g/mol. The van der Waals surface area contributed by atoms with Crippen LogP contribution in [0.5, 0.6) is 0 Å². The highest BCUT2D eigenvalue weighted by Gasteiger charge is 2.28. The Morgan fingerprint density at radius 1 is 1.35 bits per heavy atom. The highest BCUT2D eigenvalue weighted by Crippen LogP contribution is 2.23. The van der Waals surface area contributed by atoms with Gasteiger partial charge in [0.1, 0.15) is 0 Å². The molecule has 3 rings (SSSR count). The number of piperidine rings is 1. The number of nitrogens with one attached hydrogen (secondary N) is 1. The number of aryl methyl sites for hydroxylation is 2. The molecule has 0 aromatic carbocycles. The Bertz CT molecular complexity index is 540. The summed E-state index contributed by atoms with van der Waals surface area (Å²) < 4.78 is 5.36. The molecule has 128 valence electrons. The van der Waals surface area contributed by atoms with Gasteiger partial charge in [-0.15, -0.1) is 11.3 Å². The third kappa shape index (κ3) is 4.52. The number of thiazole rings is 1. The lowest BCUT2D eigenvalue weighted by molar-refractivity contribution is -0.128. The Balaban J connectivity index is 1.52. The van der Waals surface area contributed by atoms with E-state index in [-0.39, 0.29) is 11.8 Å². The van der Waals surface area contributed by atoms with Crippen LogP contribution in [0.3, 0.4) is 0 Å². The van der Waals surface area contributed by atoms with Crippen molar-refractivity contribution in [3.8, 4) is 0 Å². The Morgan fingerprint density at radius 2 is 2.13 bits per heavy atom. The molecule has 0 radical (unpaired) electrons. The summed E-state index contributed by atoms with van der Waals surface area (Å²) >= 11 is 1.78. The minimum atomic E-state index is 0.126. The number of likely N-dealkylation sites (tertiary alicyclic amines) is 1. The summed E-state index contributed by atoms with van der Waals surface area (Å²) in [6.45, 7) is 8.55. The SMILES string of the molecule is Cc1nc(C)c(CN2CCCC(C(=O)NC3CCOCC3)C2)s1. The molecule has 1 aromatic heterocycles. The van der Waals surface area contributed by atoms with Crippen LogP contribution < -0.4 is 5.32 Å². The van der Waals surface area contributed by atoms with E-state index in [1.165, 1.54) is 4.88 Å². The molecule has 2 aliphatic rings. The summed E-state index contributed by atoms with van der Waals surface area (Å²) in [6, 6.07) is 0.304. The van der Waals surface area contributed by atoms with Gasteiger partial charge < -0.3 is 10.1 Å². The van der Waals surface area contributed by atoms with Crippen molar-refractivity contribution in [3.05, 3.63) is 15.6 Å². The van der Waals surface area contributed by atoms with E-state index < -0.39 is 0 Å². The third-order valence-electron chi connectivity index (χ3n) is 4.81. The highest BCUT2D eigenvalue weighted by atomic mass is 32.1. The molecule has 5 nitrogen and oxygen atoms in total. The van der Waals surface area contributed by atoms with Gasteiger partial charge in [-0.25, -0.2) is 4.98 Å². The Hall–Kier alpha value is -0.980. The number of carbonyl (C=O) groups is 1. The zero-order valence-electron chi connectivity index (χ0n) is 14.1. The first-order valence-corrected chi connectivity index (χ1v) is 9.47. The summed E-state index contributed by atoms with van der Waals surface area (Å²) in [6.07, 6.45) is 4.00. The lowest BCUT2D eigenvalue weighted by atomic mass is 9.96. The van der Waals surface area contributed by atoms with E-state index in [9.17, 15) is 4.79 Å². The van der Waals surface area contributed by atoms with Gasteiger partial charge in [0.05, 0.1) is 16.6 Å². The smallest absolute Gasteiger partial charge is 0.224 e. The van der Waals surface area contributed by atoms with Gasteiger partial charge in [0.15, 0.2) is 0 Å². The van der Waals surface area contributed by atoms with Gasteiger partial charge >= 0.3 is 0 Å². The molecule has 0 bridgehead atoms. The van der Waals surface area contributed by atoms with E-state index in [1.54, 1.807) is 11.3 Å². The van der Waals surface area contributed by atoms with Crippen molar-refractivity contribution in [1.29, 1.82) is 0 Å². The van der Waals surface area contributed by atoms with Crippen molar-refractivity contribution in [2.75, 3.05) is 26.3 Å². The molecule has 2 saturated heterocycles. The second-order valence-electron chi connectivity index (χ2n) is 6.71. The summed E-state index contributed by atoms with van der Waals surface area (Å²) in [5, 5.41) is 4.36. The second-order valence-corrected chi connectivity index (χ2v) is 8.00. The molecule has 0 aliphatic carbocycles. The summed E-state index contributed by atoms with van der Waals surface area (Å²) in [5.41, 5.74) is 1.14. The molecule has 1 aromatic rings. The normalized spacial score (nSPS) is 23.8. The highest BCUT2D eigenvalue weighted by molar-refractivity contribution is 7.11. The van der Waals surface area contributed by atoms with Crippen LogP contribution in [0.15, 0.2) is 0 Å². The summed E-state index contributed by atoms with van der Waals surface area (Å²) in [4.78, 5) is 20.8. The van der Waals surface area contributed by atoms with Crippen LogP contribution in [-0.4, -0.2) is 48.1 Å². The fraction of sp³-hybridized carbons (Fsp3) is 0.765. The molecule has 6 heteroatoms. The molecule has 1 atom stereocenters. The van der Waals surface area contributed by atoms with Gasteiger partial charge in [0.2, 0.25) is 5.91 Å². The van der Waals surface area contributed by atoms with E-state index in [2.05, 4.69) is 29.0 Å². The lowest BCUT2D eigenvalue weighted by Gasteiger charge is -2.33. The fourth-order valence-electron chi connectivity index (χ4n) is 3.50. The quantitative estimate of drug-likeness (QED) is 0.916. The van der Waals surface area contributed by atoms with E-state index in [1.807, 2.05) is 0 Å². The maximum Gasteiger partial charge on any atom is 0.224 e. The van der Waals surface area contributed by atoms with Crippen LogP contribution in [0, 0.1) is 19.8 Å². The van der Waals surface area contributed by atoms with Gasteiger partial charge in [0.25, 0.3) is 0 Å². The average molecular weight is 337 g/mol. The van der Waals surface area contributed by atoms with Crippen LogP contribution in [0.25, 0.3) is 0 Å². The van der Waals surface area contributed by atoms with E-state index in [4.69, 9.17) is 4.74 Å². The first-order chi connectivity index (χ1) is 11.1. The van der Waals surface area contributed by atoms with Crippen LogP contribution in [0.2, 0.25) is 0 Å². The minimum Gasteiger partial charge on any atom is -0.381 e. The number of carbonyl (C=O) groups excluding carboxylic acids is 1. The van der Waals surface area contributed by atoms with Gasteiger partial charge in [0, 0.05) is 37.2 Å². The largest absolute Gasteiger partial charge is 0.381 e. The molecule has 3 heterocycles. The van der Waals surface area contributed by atoms with Crippen molar-refractivity contribution in [2.24, 2.45) is 5.92 Å². The number of amides is 1. The average Bonchev–Trinajstić information content (AvgIpc) is 2.86. The van der Waals surface area contributed by atoms with Crippen molar-refractivity contribution in [2.45, 2.75) is 52.1 Å². The van der Waals surface area contributed by atoms with Crippen LogP contribution in [0.4, 0.5) is 0 Å². The Kier molecular flexibility index (Phi) is 5.67. The fourth-order valence-corrected chi connectivity index (χ4v) is 4.48. The van der Waals surface area contributed by atoms with Crippen LogP contribution >= 0.6 is 11.3 Å². The second kappa shape index (κ2) is 7.73. The third-order valence-corrected chi connectivity index (χ3v) is 5.87. The summed E-state index contributed by atoms with van der Waals surface area (Å²) in [7, 11) is 0. The number of hydrogen-bond acceptors (Lipinski definition) is 5. The van der Waals surface area contributed by atoms with Gasteiger partial charge in [-0.05, 0) is 46.1 Å². The summed E-state index contributed by atoms with van der Waals surface area (Å²) in [5.74, 6) is 0.361. The van der Waals surface area contributed by atoms with Gasteiger partial charge in [-0.1, -0.05) is 0 Å². The standard InChI is InChI=1S/C17H27N3O2S/c1-12-16(23-13(2)18-12)11-20-7-3-4-14(10-20)17(21)19-15-5-8-22-9-6-15/h14-15H,3-11H2,1-2H3,(H,19,21). The molecule has 0 spiro atoms. The van der Waals surface area contributed by atoms with Crippen LogP contribution in [0.1, 0.15) is 41.3 Å². The molecule has 1 amide bonds. The molecular weight excluding hydrogens is 310 g/mol. The number of ether oxygens (including phenoxy) is 1. The molecular formula is C17H27N3O2S. The molecule has 23 heavy (non-hydrogen) atoms. The maximum absolute atomic E-state index is 12.5. The topological polar surface area (TPSA) is 54.5 Å². The van der Waals surface area contributed by atoms with Gasteiger partial charge in [-0.2, -0.15) is 0 Å². The zero-order valence-corrected chi connectivity index (χ0v) is 15.0. The minimum absolute atomic E-state index is 0.126. The van der Waals surface area contributed by atoms with Crippen LogP contribution in [-0.2, 0) is 16.1 Å². The molecule has 1 N–H and O–H groups in total. The van der Waals surface area contributed by atoms with E-state index >= 15 is 0 Å². The lowest BCUT2D eigenvalue weighted by Crippen LogP contribution is -2.47. The number of hydrogen-bond donors (Lipinski definition) is 1. The molecule has 2 fully saturated rings. The first-order valence-electron chi connectivity index (χ1n) is 8.65. The van der Waals surface area contributed by atoms with Crippen molar-refractivity contribution in [3.63, 3.8) is 0 Å². The predicted molar refractivity (Wildman–Crippen MR) is 91.6 cm³/mol. The number of aromatic nitrogens is 1. The molecule has 1 unspecified atom stereocenters. The van der Waals surface area contributed by atoms with Crippen molar-refractivity contribution < 1.29 is 9.53 Å². The Morgan fingerprint density at radius 3 is 2.83 bits per heavy atom. The van der Waals surface area contributed by atoms with Crippen molar-refractivity contribution >= 4 is 17.2 Å². The van der Waals surface area contributed by atoms with Crippen molar-refractivity contribution in [1.82, 2.24) is 15.2 Å². The number of nitrogens with zero attached hydrogens (tertiary/aromatic N) is 2. The maximum atomic E-state index is 12.5. The Labute approximate surface area is 142 Å². The predicted octanol–water partition coefficient (Wildman–Crippen LogP) is 2.27. The van der Waals surface area contributed by atoms with E-state index in [0.29, 0.717) is 6.04 Å². The zero-order chi connectivity index (χ0) is 16.2. The molecule has 2 aliphatic heterocycles. The molecule has 0 saturated carbocycles. The number of rotatable bonds is 4.